The van der Waals surface area contributed by atoms with Crippen molar-refractivity contribution >= 4 is 11.9 Å². The quantitative estimate of drug-likeness (QED) is 0.383. The monoisotopic (exact) mass is 425 g/mol. The first-order valence-corrected chi connectivity index (χ1v) is 11.1. The second-order valence-corrected chi connectivity index (χ2v) is 8.34. The lowest BCUT2D eigenvalue weighted by Gasteiger charge is -2.34. The van der Waals surface area contributed by atoms with Gasteiger partial charge in [0.15, 0.2) is 5.96 Å². The molecule has 0 bridgehead atoms. The molecule has 0 atom stereocenters. The molecule has 31 heavy (non-hydrogen) atoms. The standard InChI is InChI=1S/C23H32FN7/c1-25-21(29-18-23(8-9-23)19-6-2-3-7-20(19)24)26-12-5-13-30-14-16-31(17-15-30)22-27-10-4-11-28-22/h2-4,6-7,10-11H,5,8-9,12-18H2,1H3,(H2,25,26,29). The Bertz CT molecular complexity index is 861. The zero-order valence-corrected chi connectivity index (χ0v) is 18.2. The van der Waals surface area contributed by atoms with Crippen LogP contribution < -0.4 is 15.5 Å². The number of anilines is 1. The first-order valence-electron chi connectivity index (χ1n) is 11.1. The Kier molecular flexibility index (Phi) is 6.96. The van der Waals surface area contributed by atoms with Crippen molar-refractivity contribution in [1.29, 1.82) is 0 Å². The van der Waals surface area contributed by atoms with Crippen LogP contribution in [0.25, 0.3) is 0 Å². The molecule has 2 fully saturated rings. The highest BCUT2D eigenvalue weighted by atomic mass is 19.1. The van der Waals surface area contributed by atoms with Gasteiger partial charge < -0.3 is 15.5 Å². The summed E-state index contributed by atoms with van der Waals surface area (Å²) >= 11 is 0. The van der Waals surface area contributed by atoms with Gasteiger partial charge in [-0.05, 0) is 43.5 Å². The lowest BCUT2D eigenvalue weighted by molar-refractivity contribution is 0.254. The first kappa shape index (κ1) is 21.5. The van der Waals surface area contributed by atoms with E-state index >= 15 is 0 Å². The molecular weight excluding hydrogens is 393 g/mol. The van der Waals surface area contributed by atoms with Gasteiger partial charge in [0.1, 0.15) is 5.82 Å². The molecule has 0 unspecified atom stereocenters. The zero-order valence-electron chi connectivity index (χ0n) is 18.2. The Balaban J connectivity index is 1.14. The number of guanidine groups is 1. The molecule has 8 heteroatoms. The largest absolute Gasteiger partial charge is 0.356 e. The fraction of sp³-hybridized carbons (Fsp3) is 0.522. The number of piperazine rings is 1. The van der Waals surface area contributed by atoms with Gasteiger partial charge in [-0.1, -0.05) is 18.2 Å². The van der Waals surface area contributed by atoms with E-state index in [1.165, 1.54) is 0 Å². The molecule has 1 aliphatic heterocycles. The summed E-state index contributed by atoms with van der Waals surface area (Å²) in [5, 5.41) is 6.80. The average molecular weight is 426 g/mol. The number of aromatic nitrogens is 2. The summed E-state index contributed by atoms with van der Waals surface area (Å²) in [6.45, 7) is 6.57. The number of hydrogen-bond acceptors (Lipinski definition) is 5. The van der Waals surface area contributed by atoms with Crippen molar-refractivity contribution in [2.24, 2.45) is 4.99 Å². The van der Waals surface area contributed by atoms with Gasteiger partial charge in [-0.15, -0.1) is 0 Å². The summed E-state index contributed by atoms with van der Waals surface area (Å²) < 4.78 is 14.2. The molecule has 1 saturated carbocycles. The summed E-state index contributed by atoms with van der Waals surface area (Å²) in [6.07, 6.45) is 6.65. The van der Waals surface area contributed by atoms with Gasteiger partial charge in [-0.25, -0.2) is 14.4 Å². The van der Waals surface area contributed by atoms with Gasteiger partial charge in [0.05, 0.1) is 0 Å². The van der Waals surface area contributed by atoms with E-state index in [2.05, 4.69) is 35.4 Å². The zero-order chi connectivity index (χ0) is 21.5. The molecule has 4 rings (SSSR count). The topological polar surface area (TPSA) is 68.7 Å². The van der Waals surface area contributed by atoms with E-state index in [9.17, 15) is 4.39 Å². The fourth-order valence-corrected chi connectivity index (χ4v) is 4.19. The maximum absolute atomic E-state index is 14.2. The van der Waals surface area contributed by atoms with Gasteiger partial charge in [-0.2, -0.15) is 0 Å². The lowest BCUT2D eigenvalue weighted by atomic mass is 9.95. The van der Waals surface area contributed by atoms with E-state index in [0.29, 0.717) is 6.54 Å². The van der Waals surface area contributed by atoms with Crippen molar-refractivity contribution in [3.8, 4) is 0 Å². The second kappa shape index (κ2) is 10.0. The minimum absolute atomic E-state index is 0.0922. The third-order valence-electron chi connectivity index (χ3n) is 6.27. The van der Waals surface area contributed by atoms with Crippen molar-refractivity contribution in [3.05, 3.63) is 54.1 Å². The van der Waals surface area contributed by atoms with Gasteiger partial charge in [0.2, 0.25) is 5.95 Å². The number of hydrogen-bond donors (Lipinski definition) is 2. The van der Waals surface area contributed by atoms with Crippen molar-refractivity contribution in [2.75, 3.05) is 57.8 Å². The Morgan fingerprint density at radius 3 is 2.48 bits per heavy atom. The van der Waals surface area contributed by atoms with Crippen LogP contribution in [0, 0.1) is 5.82 Å². The molecule has 2 N–H and O–H groups in total. The Morgan fingerprint density at radius 1 is 1.06 bits per heavy atom. The van der Waals surface area contributed by atoms with Crippen molar-refractivity contribution in [2.45, 2.75) is 24.7 Å². The second-order valence-electron chi connectivity index (χ2n) is 8.34. The molecule has 1 aromatic carbocycles. The molecule has 166 valence electrons. The highest BCUT2D eigenvalue weighted by Gasteiger charge is 2.45. The minimum atomic E-state index is -0.108. The van der Waals surface area contributed by atoms with E-state index < -0.39 is 0 Å². The third-order valence-corrected chi connectivity index (χ3v) is 6.27. The molecule has 0 amide bonds. The van der Waals surface area contributed by atoms with E-state index in [1.54, 1.807) is 31.6 Å². The normalized spacial score (nSPS) is 18.6. The molecule has 2 aliphatic rings. The third kappa shape index (κ3) is 5.50. The number of halogens is 1. The molecule has 0 radical (unpaired) electrons. The Hall–Kier alpha value is -2.74. The predicted octanol–water partition coefficient (Wildman–Crippen LogP) is 2.02. The fourth-order valence-electron chi connectivity index (χ4n) is 4.19. The summed E-state index contributed by atoms with van der Waals surface area (Å²) in [6, 6.07) is 8.97. The molecule has 1 aliphatic carbocycles. The lowest BCUT2D eigenvalue weighted by Crippen LogP contribution is -2.48. The molecule has 2 heterocycles. The van der Waals surface area contributed by atoms with Crippen LogP contribution in [0.4, 0.5) is 10.3 Å². The number of benzene rings is 1. The molecule has 7 nitrogen and oxygen atoms in total. The number of nitrogens with one attached hydrogen (secondary N) is 2. The minimum Gasteiger partial charge on any atom is -0.356 e. The van der Waals surface area contributed by atoms with Crippen LogP contribution in [0.15, 0.2) is 47.7 Å². The number of rotatable bonds is 8. The summed E-state index contributed by atoms with van der Waals surface area (Å²) in [5.41, 5.74) is 0.725. The smallest absolute Gasteiger partial charge is 0.225 e. The molecule has 2 aromatic rings. The Morgan fingerprint density at radius 2 is 1.81 bits per heavy atom. The Labute approximate surface area is 183 Å². The molecule has 1 saturated heterocycles. The highest BCUT2D eigenvalue weighted by molar-refractivity contribution is 5.79. The van der Waals surface area contributed by atoms with Crippen LogP contribution in [0.5, 0.6) is 0 Å². The van der Waals surface area contributed by atoms with E-state index in [1.807, 2.05) is 18.2 Å². The SMILES string of the molecule is CN=C(NCCCN1CCN(c2ncccn2)CC1)NCC1(c2ccccc2F)CC1. The van der Waals surface area contributed by atoms with Crippen molar-refractivity contribution < 1.29 is 4.39 Å². The van der Waals surface area contributed by atoms with Crippen LogP contribution in [0.2, 0.25) is 0 Å². The van der Waals surface area contributed by atoms with Crippen molar-refractivity contribution in [3.63, 3.8) is 0 Å². The van der Waals surface area contributed by atoms with Crippen LogP contribution in [-0.4, -0.2) is 73.7 Å². The number of nitrogens with zero attached hydrogens (tertiary/aromatic N) is 5. The first-order chi connectivity index (χ1) is 15.2. The molecule has 1 aromatic heterocycles. The molecule has 0 spiro atoms. The predicted molar refractivity (Wildman–Crippen MR) is 122 cm³/mol. The maximum Gasteiger partial charge on any atom is 0.225 e. The summed E-state index contributed by atoms with van der Waals surface area (Å²) in [5.74, 6) is 1.50. The number of aliphatic imine (C=N–C) groups is 1. The van der Waals surface area contributed by atoms with Crippen molar-refractivity contribution in [1.82, 2.24) is 25.5 Å². The van der Waals surface area contributed by atoms with E-state index in [4.69, 9.17) is 0 Å². The van der Waals surface area contributed by atoms with Gasteiger partial charge in [0, 0.05) is 64.1 Å². The summed E-state index contributed by atoms with van der Waals surface area (Å²) in [7, 11) is 1.78. The maximum atomic E-state index is 14.2. The van der Waals surface area contributed by atoms with Gasteiger partial charge >= 0.3 is 0 Å². The highest BCUT2D eigenvalue weighted by Crippen LogP contribution is 2.48. The van der Waals surface area contributed by atoms with Gasteiger partial charge in [-0.3, -0.25) is 9.89 Å². The average Bonchev–Trinajstić information content (AvgIpc) is 3.61. The van der Waals surface area contributed by atoms with E-state index in [0.717, 1.165) is 76.0 Å². The summed E-state index contributed by atoms with van der Waals surface area (Å²) in [4.78, 5) is 17.7. The van der Waals surface area contributed by atoms with E-state index in [-0.39, 0.29) is 11.2 Å². The molecular formula is C23H32FN7. The van der Waals surface area contributed by atoms with Crippen LogP contribution >= 0.6 is 0 Å². The van der Waals surface area contributed by atoms with Crippen LogP contribution in [0.3, 0.4) is 0 Å². The van der Waals surface area contributed by atoms with Gasteiger partial charge in [0.25, 0.3) is 0 Å². The van der Waals surface area contributed by atoms with Crippen LogP contribution in [-0.2, 0) is 5.41 Å². The van der Waals surface area contributed by atoms with Crippen LogP contribution in [0.1, 0.15) is 24.8 Å².